The van der Waals surface area contributed by atoms with E-state index in [4.69, 9.17) is 0 Å². The highest BCUT2D eigenvalue weighted by Gasteiger charge is 2.37. The molecule has 8 nitrogen and oxygen atoms in total. The maximum atomic E-state index is 13.5. The van der Waals surface area contributed by atoms with Gasteiger partial charge < -0.3 is 20.0 Å². The third kappa shape index (κ3) is 10.3. The van der Waals surface area contributed by atoms with E-state index in [0.717, 1.165) is 73.0 Å². The summed E-state index contributed by atoms with van der Waals surface area (Å²) in [5, 5.41) is 7.91. The summed E-state index contributed by atoms with van der Waals surface area (Å²) < 4.78 is 53.8. The van der Waals surface area contributed by atoms with E-state index in [9.17, 15) is 36.7 Å². The van der Waals surface area contributed by atoms with Gasteiger partial charge in [0.05, 0.1) is 0 Å². The molecule has 4 aliphatic heterocycles. The molecule has 6 aromatic carbocycles. The summed E-state index contributed by atoms with van der Waals surface area (Å²) in [6.07, 6.45) is 4.23. The van der Waals surface area contributed by atoms with Crippen molar-refractivity contribution in [3.05, 3.63) is 143 Å². The summed E-state index contributed by atoms with van der Waals surface area (Å²) in [5.74, 6) is -3.97. The Balaban J connectivity index is 0.000000146. The Morgan fingerprint density at radius 3 is 1.55 bits per heavy atom. The van der Waals surface area contributed by atoms with Gasteiger partial charge in [-0.25, -0.2) is 17.6 Å². The first-order chi connectivity index (χ1) is 33.2. The molecule has 69 heavy (non-hydrogen) atoms. The molecule has 4 amide bonds. The van der Waals surface area contributed by atoms with Crippen LogP contribution >= 0.6 is 15.9 Å². The van der Waals surface area contributed by atoms with Gasteiger partial charge in [0, 0.05) is 99.1 Å². The lowest BCUT2D eigenvalue weighted by Gasteiger charge is -2.31. The number of carbonyl (C=O) groups is 4. The van der Waals surface area contributed by atoms with Crippen LogP contribution in [0, 0.1) is 11.8 Å². The molecule has 12 rings (SSSR count). The third-order valence-electron chi connectivity index (χ3n) is 14.3. The number of likely N-dealkylation sites (tertiary alicyclic amines) is 2. The van der Waals surface area contributed by atoms with Crippen LogP contribution in [0.2, 0.25) is 0 Å². The SMILES string of the molecule is BrCC1CC1.O=C(c1ccc2c(-c3ccc4c(c3)CN(CC3CC3)C4=O)cccc2c1)N1CCC(F)(F)CC1.O=C1NCc2cc(-c3cccc4cc(C(=O)N5CCC(F)(F)CC5)ccc34)ccc21. The van der Waals surface area contributed by atoms with Gasteiger partial charge in [0.15, 0.2) is 0 Å². The van der Waals surface area contributed by atoms with Crippen molar-refractivity contribution in [2.24, 2.45) is 11.8 Å². The molecule has 6 aromatic rings. The van der Waals surface area contributed by atoms with Crippen LogP contribution in [0.15, 0.2) is 109 Å². The molecule has 2 saturated carbocycles. The van der Waals surface area contributed by atoms with Crippen LogP contribution < -0.4 is 5.32 Å². The number of benzene rings is 6. The fourth-order valence-electron chi connectivity index (χ4n) is 9.76. The van der Waals surface area contributed by atoms with Gasteiger partial charge in [-0.1, -0.05) is 76.6 Å². The quantitative estimate of drug-likeness (QED) is 0.127. The number of nitrogens with one attached hydrogen (secondary N) is 1. The van der Waals surface area contributed by atoms with Crippen LogP contribution in [-0.4, -0.2) is 88.2 Å². The van der Waals surface area contributed by atoms with Gasteiger partial charge in [-0.05, 0) is 141 Å². The number of fused-ring (bicyclic) bond motifs is 4. The second-order valence-electron chi connectivity index (χ2n) is 19.4. The summed E-state index contributed by atoms with van der Waals surface area (Å²) in [6.45, 7) is 2.35. The normalized spacial score (nSPS) is 19.0. The first-order valence-corrected chi connectivity index (χ1v) is 25.1. The maximum absolute atomic E-state index is 13.5. The van der Waals surface area contributed by atoms with Crippen molar-refractivity contribution in [3.63, 3.8) is 0 Å². The number of nitrogens with zero attached hydrogens (tertiary/aromatic N) is 3. The van der Waals surface area contributed by atoms with E-state index in [1.54, 1.807) is 12.1 Å². The van der Waals surface area contributed by atoms with E-state index < -0.39 is 11.8 Å². The summed E-state index contributed by atoms with van der Waals surface area (Å²) in [4.78, 5) is 55.3. The van der Waals surface area contributed by atoms with Gasteiger partial charge >= 0.3 is 0 Å². The van der Waals surface area contributed by atoms with Crippen LogP contribution in [-0.2, 0) is 13.1 Å². The Morgan fingerprint density at radius 1 is 0.580 bits per heavy atom. The molecule has 0 spiro atoms. The average Bonchev–Trinajstić information content (AvgIpc) is 4.31. The van der Waals surface area contributed by atoms with Crippen LogP contribution in [0.25, 0.3) is 43.8 Å². The van der Waals surface area contributed by atoms with Crippen molar-refractivity contribution in [1.29, 1.82) is 0 Å². The van der Waals surface area contributed by atoms with E-state index in [0.29, 0.717) is 35.7 Å². The topological polar surface area (TPSA) is 90.0 Å². The van der Waals surface area contributed by atoms with Crippen molar-refractivity contribution in [1.82, 2.24) is 20.0 Å². The van der Waals surface area contributed by atoms with Gasteiger partial charge in [0.25, 0.3) is 35.5 Å². The number of hydrogen-bond acceptors (Lipinski definition) is 4. The van der Waals surface area contributed by atoms with Crippen molar-refractivity contribution in [2.45, 2.75) is 76.3 Å². The summed E-state index contributed by atoms with van der Waals surface area (Å²) in [7, 11) is 0. The van der Waals surface area contributed by atoms with Crippen LogP contribution in [0.3, 0.4) is 0 Å². The van der Waals surface area contributed by atoms with Gasteiger partial charge in [-0.15, -0.1) is 0 Å². The molecular formula is C56H53BrF4N4O4. The van der Waals surface area contributed by atoms with E-state index in [-0.39, 0.29) is 75.5 Å². The zero-order valence-electron chi connectivity index (χ0n) is 38.2. The first kappa shape index (κ1) is 46.6. The molecule has 0 unspecified atom stereocenters. The fourth-order valence-corrected chi connectivity index (χ4v) is 10.4. The number of amides is 4. The Kier molecular flexibility index (Phi) is 12.9. The lowest BCUT2D eigenvalue weighted by atomic mass is 9.94. The predicted octanol–water partition coefficient (Wildman–Crippen LogP) is 12.2. The van der Waals surface area contributed by atoms with Gasteiger partial charge in [-0.2, -0.15) is 0 Å². The first-order valence-electron chi connectivity index (χ1n) is 24.0. The lowest BCUT2D eigenvalue weighted by molar-refractivity contribution is -0.0503. The summed E-state index contributed by atoms with van der Waals surface area (Å²) in [6, 6.07) is 34.8. The summed E-state index contributed by atoms with van der Waals surface area (Å²) in [5.41, 5.74) is 8.69. The minimum atomic E-state index is -2.68. The zero-order chi connectivity index (χ0) is 48.0. The number of hydrogen-bond donors (Lipinski definition) is 1. The predicted molar refractivity (Wildman–Crippen MR) is 264 cm³/mol. The Hall–Kier alpha value is -6.08. The minimum absolute atomic E-state index is 0.0481. The van der Waals surface area contributed by atoms with E-state index in [1.165, 1.54) is 40.8 Å². The number of halogens is 5. The van der Waals surface area contributed by atoms with Gasteiger partial charge in [-0.3, -0.25) is 19.2 Å². The molecule has 4 fully saturated rings. The highest BCUT2D eigenvalue weighted by molar-refractivity contribution is 9.09. The Bertz CT molecular complexity index is 2990. The second-order valence-corrected chi connectivity index (χ2v) is 20.1. The van der Waals surface area contributed by atoms with Crippen LogP contribution in [0.5, 0.6) is 0 Å². The van der Waals surface area contributed by atoms with E-state index in [2.05, 4.69) is 33.4 Å². The van der Waals surface area contributed by atoms with Gasteiger partial charge in [0.1, 0.15) is 0 Å². The van der Waals surface area contributed by atoms with Crippen LogP contribution in [0.4, 0.5) is 17.6 Å². The van der Waals surface area contributed by atoms with Crippen LogP contribution in [0.1, 0.15) is 104 Å². The van der Waals surface area contributed by atoms with E-state index >= 15 is 0 Å². The minimum Gasteiger partial charge on any atom is -0.348 e. The van der Waals surface area contributed by atoms with Crippen molar-refractivity contribution >= 4 is 61.1 Å². The maximum Gasteiger partial charge on any atom is 0.254 e. The highest BCUT2D eigenvalue weighted by atomic mass is 79.9. The lowest BCUT2D eigenvalue weighted by Crippen LogP contribution is -2.42. The highest BCUT2D eigenvalue weighted by Crippen LogP contribution is 2.38. The molecule has 6 aliphatic rings. The number of rotatable bonds is 7. The monoisotopic (exact) mass is 1000 g/mol. The smallest absolute Gasteiger partial charge is 0.254 e. The van der Waals surface area contributed by atoms with E-state index in [1.807, 2.05) is 89.8 Å². The molecular weight excluding hydrogens is 949 g/mol. The molecule has 0 bridgehead atoms. The fraction of sp³-hybridized carbons (Fsp3) is 0.357. The average molecular weight is 1000 g/mol. The molecule has 1 N–H and O–H groups in total. The number of alkyl halides is 5. The van der Waals surface area contributed by atoms with Crippen molar-refractivity contribution in [2.75, 3.05) is 38.1 Å². The number of piperidine rings is 2. The summed E-state index contributed by atoms with van der Waals surface area (Å²) >= 11 is 3.38. The molecule has 356 valence electrons. The van der Waals surface area contributed by atoms with Crippen molar-refractivity contribution in [3.8, 4) is 22.3 Å². The second kappa shape index (κ2) is 19.0. The Labute approximate surface area is 407 Å². The zero-order valence-corrected chi connectivity index (χ0v) is 39.8. The standard InChI is InChI=1S/C28H26F2N2O2.C24H20F2N2O2.C4H7Br/c29-28(30)10-12-31(13-11-28)26(33)21-7-8-24-19(14-21)2-1-3-23(24)20-6-9-25-22(15-20)17-32(27(25)34)16-18-4-5-18;25-24(26)8-10-28(11-9-24)23(30)17-5-6-20-15(12-17)2-1-3-19(20)16-4-7-21-18(13-16)14-27-22(21)29;5-3-4-1-2-4/h1-3,6-9,14-15,18H,4-5,10-13,16-17H2;1-7,12-13H,8-11,14H2,(H,27,29);4H,1-3H2. The molecule has 0 aromatic heterocycles. The third-order valence-corrected chi connectivity index (χ3v) is 15.2. The molecule has 0 radical (unpaired) electrons. The largest absolute Gasteiger partial charge is 0.348 e. The molecule has 0 atom stereocenters. The Morgan fingerprint density at radius 2 is 1.07 bits per heavy atom. The molecule has 2 saturated heterocycles. The van der Waals surface area contributed by atoms with Gasteiger partial charge in [0.2, 0.25) is 0 Å². The molecule has 2 aliphatic carbocycles. The van der Waals surface area contributed by atoms with Crippen molar-refractivity contribution < 1.29 is 36.7 Å². The number of carbonyl (C=O) groups excluding carboxylic acids is 4. The molecule has 4 heterocycles. The molecule has 13 heteroatoms.